The lowest BCUT2D eigenvalue weighted by Crippen LogP contribution is -2.40. The van der Waals surface area contributed by atoms with E-state index in [-0.39, 0.29) is 38.8 Å². The number of benzene rings is 2. The summed E-state index contributed by atoms with van der Waals surface area (Å²) < 4.78 is 1.05. The lowest BCUT2D eigenvalue weighted by atomic mass is 9.86. The van der Waals surface area contributed by atoms with Crippen molar-refractivity contribution in [3.05, 3.63) is 62.8 Å². The summed E-state index contributed by atoms with van der Waals surface area (Å²) in [5.41, 5.74) is 4.74. The summed E-state index contributed by atoms with van der Waals surface area (Å²) >= 11 is 1.29. The molecule has 1 aliphatic rings. The lowest BCUT2D eigenvalue weighted by molar-refractivity contribution is 0.175. The molecule has 0 amide bonds. The van der Waals surface area contributed by atoms with Crippen LogP contribution in [-0.2, 0) is 19.3 Å². The Hall–Kier alpha value is -1.19. The van der Waals surface area contributed by atoms with E-state index in [9.17, 15) is 9.90 Å². The molecule has 0 bridgehead atoms. The van der Waals surface area contributed by atoms with E-state index < -0.39 is 0 Å². The van der Waals surface area contributed by atoms with E-state index in [1.54, 1.807) is 0 Å². The Morgan fingerprint density at radius 1 is 1.08 bits per heavy atom. The first kappa shape index (κ1) is 31.0. The van der Waals surface area contributed by atoms with Crippen LogP contribution in [0.3, 0.4) is 0 Å². The van der Waals surface area contributed by atoms with Crippen LogP contribution in [0.4, 0.5) is 0 Å². The SMILES string of the molecule is Br.Br.CCCN(CCCCCCNCCc1ccc2[nH]c(=O)sc2c1)C1CCc2c(O)cccc2C1. The molecule has 0 saturated heterocycles. The Morgan fingerprint density at radius 3 is 2.75 bits per heavy atom. The fraction of sp³-hybridized carbons (Fsp3) is 0.536. The number of hydrogen-bond acceptors (Lipinski definition) is 5. The Bertz CT molecular complexity index is 1120. The molecule has 3 N–H and O–H groups in total. The number of phenols is 1. The van der Waals surface area contributed by atoms with Crippen LogP contribution in [0.25, 0.3) is 10.2 Å². The highest BCUT2D eigenvalue weighted by molar-refractivity contribution is 8.93. The van der Waals surface area contributed by atoms with Crippen molar-refractivity contribution in [1.29, 1.82) is 0 Å². The summed E-state index contributed by atoms with van der Waals surface area (Å²) in [4.78, 5) is 17.0. The van der Waals surface area contributed by atoms with Gasteiger partial charge in [0.1, 0.15) is 5.75 Å². The Kier molecular flexibility index (Phi) is 13.7. The van der Waals surface area contributed by atoms with Crippen molar-refractivity contribution in [3.63, 3.8) is 0 Å². The summed E-state index contributed by atoms with van der Waals surface area (Å²) in [6, 6.07) is 12.9. The minimum absolute atomic E-state index is 0. The van der Waals surface area contributed by atoms with E-state index in [2.05, 4.69) is 40.3 Å². The van der Waals surface area contributed by atoms with E-state index in [0.717, 1.165) is 49.0 Å². The highest BCUT2D eigenvalue weighted by Gasteiger charge is 2.24. The van der Waals surface area contributed by atoms with E-state index in [0.29, 0.717) is 11.8 Å². The number of thiazole rings is 1. The number of unbranched alkanes of at least 4 members (excludes halogenated alkanes) is 3. The minimum Gasteiger partial charge on any atom is -0.508 e. The summed E-state index contributed by atoms with van der Waals surface area (Å²) in [6.45, 7) is 6.69. The molecule has 2 aromatic carbocycles. The number of hydrogen-bond donors (Lipinski definition) is 3. The zero-order chi connectivity index (χ0) is 23.8. The maximum absolute atomic E-state index is 11.5. The van der Waals surface area contributed by atoms with Crippen molar-refractivity contribution in [2.75, 3.05) is 26.2 Å². The molecule has 1 atom stereocenters. The molecule has 3 aromatic rings. The molecular weight excluding hydrogens is 602 g/mol. The number of aromatic amines is 1. The van der Waals surface area contributed by atoms with Gasteiger partial charge >= 0.3 is 4.87 Å². The van der Waals surface area contributed by atoms with Crippen LogP contribution in [0, 0.1) is 0 Å². The van der Waals surface area contributed by atoms with Gasteiger partial charge in [0.05, 0.1) is 10.2 Å². The van der Waals surface area contributed by atoms with Crippen molar-refractivity contribution < 1.29 is 5.11 Å². The van der Waals surface area contributed by atoms with Crippen molar-refractivity contribution >= 4 is 55.5 Å². The normalized spacial score (nSPS) is 14.9. The molecule has 0 saturated carbocycles. The first-order valence-electron chi connectivity index (χ1n) is 13.0. The molecule has 0 spiro atoms. The van der Waals surface area contributed by atoms with Gasteiger partial charge in [-0.3, -0.25) is 4.79 Å². The quantitative estimate of drug-likeness (QED) is 0.188. The molecule has 1 aliphatic carbocycles. The molecule has 1 heterocycles. The third kappa shape index (κ3) is 8.69. The summed E-state index contributed by atoms with van der Waals surface area (Å²) in [5, 5.41) is 13.7. The standard InChI is InChI=1S/C28H39N3O2S.2BrH/c1-2-17-31(23-11-12-24-22(20-23)8-7-9-26(24)32)18-6-4-3-5-15-29-16-14-21-10-13-25-27(19-21)34-28(33)30-25;;/h7-10,13,19,23,29,32H,2-6,11-12,14-18,20H2,1H3,(H,30,33);2*1H. The zero-order valence-electron chi connectivity index (χ0n) is 21.3. The van der Waals surface area contributed by atoms with Gasteiger partial charge < -0.3 is 20.3 Å². The maximum Gasteiger partial charge on any atom is 0.305 e. The van der Waals surface area contributed by atoms with Crippen LogP contribution in [0.5, 0.6) is 5.75 Å². The van der Waals surface area contributed by atoms with Crippen LogP contribution in [0.1, 0.15) is 62.1 Å². The number of fused-ring (bicyclic) bond motifs is 2. The van der Waals surface area contributed by atoms with Crippen LogP contribution >= 0.6 is 45.3 Å². The first-order valence-corrected chi connectivity index (χ1v) is 13.8. The molecular formula is C28H41Br2N3O2S. The highest BCUT2D eigenvalue weighted by Crippen LogP contribution is 2.30. The van der Waals surface area contributed by atoms with Gasteiger partial charge in [-0.25, -0.2) is 0 Å². The monoisotopic (exact) mass is 641 g/mol. The van der Waals surface area contributed by atoms with Gasteiger partial charge in [-0.2, -0.15) is 0 Å². The molecule has 0 fully saturated rings. The maximum atomic E-state index is 11.5. The second-order valence-corrected chi connectivity index (χ2v) is 10.6. The topological polar surface area (TPSA) is 68.4 Å². The molecule has 0 radical (unpaired) electrons. The fourth-order valence-electron chi connectivity index (χ4n) is 5.27. The van der Waals surface area contributed by atoms with Gasteiger partial charge in [0, 0.05) is 6.04 Å². The molecule has 1 aromatic heterocycles. The van der Waals surface area contributed by atoms with Crippen molar-refractivity contribution in [1.82, 2.24) is 15.2 Å². The number of nitrogens with zero attached hydrogens (tertiary/aromatic N) is 1. The van der Waals surface area contributed by atoms with E-state index in [1.807, 2.05) is 18.2 Å². The third-order valence-electron chi connectivity index (χ3n) is 7.08. The number of rotatable bonds is 13. The molecule has 5 nitrogen and oxygen atoms in total. The van der Waals surface area contributed by atoms with Gasteiger partial charge in [-0.05, 0) is 106 Å². The largest absolute Gasteiger partial charge is 0.508 e. The average molecular weight is 644 g/mol. The Morgan fingerprint density at radius 2 is 1.92 bits per heavy atom. The molecule has 8 heteroatoms. The summed E-state index contributed by atoms with van der Waals surface area (Å²) in [6.07, 6.45) is 10.5. The summed E-state index contributed by atoms with van der Waals surface area (Å²) in [5.74, 6) is 0.478. The van der Waals surface area contributed by atoms with Crippen LogP contribution in [0.15, 0.2) is 41.2 Å². The second kappa shape index (κ2) is 15.9. The van der Waals surface area contributed by atoms with Gasteiger partial charge in [-0.1, -0.05) is 49.3 Å². The van der Waals surface area contributed by atoms with Gasteiger partial charge in [0.25, 0.3) is 0 Å². The average Bonchev–Trinajstić information content (AvgIpc) is 3.21. The number of nitrogens with one attached hydrogen (secondary N) is 2. The third-order valence-corrected chi connectivity index (χ3v) is 7.93. The van der Waals surface area contributed by atoms with Gasteiger partial charge in [0.2, 0.25) is 0 Å². The van der Waals surface area contributed by atoms with Gasteiger partial charge in [0.15, 0.2) is 0 Å². The number of H-pyrrole nitrogens is 1. The van der Waals surface area contributed by atoms with Crippen LogP contribution < -0.4 is 10.2 Å². The van der Waals surface area contributed by atoms with Crippen molar-refractivity contribution in [2.24, 2.45) is 0 Å². The smallest absolute Gasteiger partial charge is 0.305 e. The molecule has 1 unspecified atom stereocenters. The second-order valence-electron chi connectivity index (χ2n) is 9.61. The minimum atomic E-state index is 0. The van der Waals surface area contributed by atoms with E-state index in [4.69, 9.17) is 0 Å². The Labute approximate surface area is 240 Å². The predicted molar refractivity (Wildman–Crippen MR) is 164 cm³/mol. The van der Waals surface area contributed by atoms with Gasteiger partial charge in [-0.15, -0.1) is 34.0 Å². The Balaban J connectivity index is 0.00000228. The van der Waals surface area contributed by atoms with Crippen LogP contribution in [-0.4, -0.2) is 47.2 Å². The fourth-order valence-corrected chi connectivity index (χ4v) is 6.07. The summed E-state index contributed by atoms with van der Waals surface area (Å²) in [7, 11) is 0. The molecule has 36 heavy (non-hydrogen) atoms. The molecule has 0 aliphatic heterocycles. The van der Waals surface area contributed by atoms with E-state index >= 15 is 0 Å². The number of halogens is 2. The lowest BCUT2D eigenvalue weighted by Gasteiger charge is -2.35. The first-order chi connectivity index (χ1) is 16.6. The number of aromatic hydroxyl groups is 1. The van der Waals surface area contributed by atoms with Crippen LogP contribution in [0.2, 0.25) is 0 Å². The predicted octanol–water partition coefficient (Wildman–Crippen LogP) is 6.41. The molecule has 4 rings (SSSR count). The van der Waals surface area contributed by atoms with Crippen molar-refractivity contribution in [3.8, 4) is 5.75 Å². The molecule has 200 valence electrons. The number of aromatic nitrogens is 1. The van der Waals surface area contributed by atoms with Crippen molar-refractivity contribution in [2.45, 2.75) is 70.8 Å². The zero-order valence-corrected chi connectivity index (χ0v) is 25.5. The highest BCUT2D eigenvalue weighted by atomic mass is 79.9. The number of phenolic OH excluding ortho intramolecular Hbond substituents is 1. The van der Waals surface area contributed by atoms with E-state index in [1.165, 1.54) is 73.2 Å².